The van der Waals surface area contributed by atoms with Gasteiger partial charge in [-0.3, -0.25) is 0 Å². The molecule has 0 unspecified atom stereocenters. The predicted octanol–water partition coefficient (Wildman–Crippen LogP) is 4.98. The molecule has 0 amide bonds. The summed E-state index contributed by atoms with van der Waals surface area (Å²) in [5, 5.41) is 0. The van der Waals surface area contributed by atoms with Crippen LogP contribution in [-0.2, 0) is 18.8 Å². The molecular weight excluding hydrogens is 270 g/mol. The molecule has 0 heterocycles. The first-order valence-corrected chi connectivity index (χ1v) is 7.15. The molecule has 112 valence electrons. The lowest BCUT2D eigenvalue weighted by Crippen LogP contribution is -2.16. The lowest BCUT2D eigenvalue weighted by Gasteiger charge is -2.17. The maximum absolute atomic E-state index is 14.3. The van der Waals surface area contributed by atoms with Crippen LogP contribution in [0, 0.1) is 0 Å². The molecule has 0 bridgehead atoms. The molecule has 0 spiro atoms. The van der Waals surface area contributed by atoms with E-state index < -0.39 is 5.92 Å². The van der Waals surface area contributed by atoms with Crippen molar-refractivity contribution in [1.29, 1.82) is 0 Å². The summed E-state index contributed by atoms with van der Waals surface area (Å²) in [6, 6.07) is 13.4. The van der Waals surface area contributed by atoms with Crippen LogP contribution in [0.15, 0.2) is 48.5 Å². The third-order valence-electron chi connectivity index (χ3n) is 3.50. The first-order valence-electron chi connectivity index (χ1n) is 7.15. The molecule has 0 radical (unpaired) electrons. The van der Waals surface area contributed by atoms with E-state index in [-0.39, 0.29) is 12.0 Å². The average Bonchev–Trinajstić information content (AvgIpc) is 2.49. The monoisotopic (exact) mass is 290 g/mol. The maximum atomic E-state index is 14.3. The van der Waals surface area contributed by atoms with Crippen molar-refractivity contribution in [3.05, 3.63) is 65.2 Å². The molecule has 0 aliphatic heterocycles. The number of aryl methyl sites for hydroxylation is 1. The third-order valence-corrected chi connectivity index (χ3v) is 3.50. The summed E-state index contributed by atoms with van der Waals surface area (Å²) in [5.41, 5.74) is 1.85. The van der Waals surface area contributed by atoms with E-state index in [1.165, 1.54) is 24.8 Å². The summed E-state index contributed by atoms with van der Waals surface area (Å²) in [5.74, 6) is -2.29. The zero-order chi connectivity index (χ0) is 15.3. The zero-order valence-corrected chi connectivity index (χ0v) is 12.4. The summed E-state index contributed by atoms with van der Waals surface area (Å²) < 4.78 is 33.6. The Morgan fingerprint density at radius 3 is 2.00 bits per heavy atom. The Morgan fingerprint density at radius 1 is 0.905 bits per heavy atom. The number of hydrogen-bond donors (Lipinski definition) is 0. The van der Waals surface area contributed by atoms with Crippen LogP contribution >= 0.6 is 0 Å². The third kappa shape index (κ3) is 4.03. The van der Waals surface area contributed by atoms with Gasteiger partial charge in [0, 0.05) is 12.0 Å². The fraction of sp³-hybridized carbons (Fsp3) is 0.333. The number of methoxy groups -OCH3 is 1. The van der Waals surface area contributed by atoms with Crippen molar-refractivity contribution in [1.82, 2.24) is 0 Å². The summed E-state index contributed by atoms with van der Waals surface area (Å²) in [4.78, 5) is 0. The van der Waals surface area contributed by atoms with E-state index in [4.69, 9.17) is 4.74 Å². The molecule has 0 saturated heterocycles. The number of ether oxygens (including phenoxy) is 1. The first kappa shape index (κ1) is 15.5. The van der Waals surface area contributed by atoms with Gasteiger partial charge in [-0.15, -0.1) is 0 Å². The number of rotatable bonds is 6. The van der Waals surface area contributed by atoms with Crippen LogP contribution in [0.4, 0.5) is 8.78 Å². The Kier molecular flexibility index (Phi) is 4.94. The quantitative estimate of drug-likeness (QED) is 0.729. The van der Waals surface area contributed by atoms with E-state index in [0.29, 0.717) is 11.3 Å². The fourth-order valence-corrected chi connectivity index (χ4v) is 2.31. The zero-order valence-electron chi connectivity index (χ0n) is 12.4. The van der Waals surface area contributed by atoms with Crippen LogP contribution in [0.1, 0.15) is 30.0 Å². The van der Waals surface area contributed by atoms with Gasteiger partial charge in [0.25, 0.3) is 5.92 Å². The van der Waals surface area contributed by atoms with E-state index in [2.05, 4.69) is 6.92 Å². The molecule has 0 aromatic heterocycles. The molecule has 0 N–H and O–H groups in total. The van der Waals surface area contributed by atoms with Crippen molar-refractivity contribution in [3.8, 4) is 5.75 Å². The molecular formula is C18H20F2O. The highest BCUT2D eigenvalue weighted by Crippen LogP contribution is 2.33. The van der Waals surface area contributed by atoms with Gasteiger partial charge in [-0.05, 0) is 41.8 Å². The van der Waals surface area contributed by atoms with Crippen molar-refractivity contribution < 1.29 is 13.5 Å². The van der Waals surface area contributed by atoms with E-state index in [1.54, 1.807) is 24.3 Å². The van der Waals surface area contributed by atoms with Crippen LogP contribution in [0.3, 0.4) is 0 Å². The largest absolute Gasteiger partial charge is 0.497 e. The molecule has 0 aliphatic rings. The van der Waals surface area contributed by atoms with E-state index in [0.717, 1.165) is 12.8 Å². The molecule has 3 heteroatoms. The van der Waals surface area contributed by atoms with Crippen LogP contribution in [0.2, 0.25) is 0 Å². The van der Waals surface area contributed by atoms with Gasteiger partial charge < -0.3 is 4.74 Å². The minimum atomic E-state index is -2.88. The normalized spacial score (nSPS) is 11.4. The van der Waals surface area contributed by atoms with E-state index in [1.807, 2.05) is 12.1 Å². The number of hydrogen-bond acceptors (Lipinski definition) is 1. The second-order valence-electron chi connectivity index (χ2n) is 5.18. The molecule has 1 nitrogen and oxygen atoms in total. The summed E-state index contributed by atoms with van der Waals surface area (Å²) >= 11 is 0. The van der Waals surface area contributed by atoms with Gasteiger partial charge in [0.2, 0.25) is 0 Å². The van der Waals surface area contributed by atoms with Crippen molar-refractivity contribution in [3.63, 3.8) is 0 Å². The Morgan fingerprint density at radius 2 is 1.48 bits per heavy atom. The van der Waals surface area contributed by atoms with Gasteiger partial charge in [0.1, 0.15) is 5.75 Å². The maximum Gasteiger partial charge on any atom is 0.277 e. The molecule has 0 aliphatic carbocycles. The van der Waals surface area contributed by atoms with Gasteiger partial charge in [0.15, 0.2) is 0 Å². The number of halogens is 2. The van der Waals surface area contributed by atoms with Crippen molar-refractivity contribution in [2.45, 2.75) is 32.1 Å². The molecule has 21 heavy (non-hydrogen) atoms. The Labute approximate surface area is 124 Å². The number of benzene rings is 2. The lowest BCUT2D eigenvalue weighted by atomic mass is 9.99. The molecule has 2 aromatic carbocycles. The van der Waals surface area contributed by atoms with E-state index >= 15 is 0 Å². The first-order chi connectivity index (χ1) is 10.0. The van der Waals surface area contributed by atoms with Gasteiger partial charge in [-0.2, -0.15) is 0 Å². The van der Waals surface area contributed by atoms with Crippen LogP contribution in [0.25, 0.3) is 0 Å². The van der Waals surface area contributed by atoms with Gasteiger partial charge in [-0.25, -0.2) is 8.78 Å². The summed E-state index contributed by atoms with van der Waals surface area (Å²) in [7, 11) is 1.52. The highest BCUT2D eigenvalue weighted by atomic mass is 19.3. The minimum Gasteiger partial charge on any atom is -0.497 e. The van der Waals surface area contributed by atoms with Crippen LogP contribution in [-0.4, -0.2) is 7.11 Å². The predicted molar refractivity (Wildman–Crippen MR) is 81.0 cm³/mol. The van der Waals surface area contributed by atoms with Crippen molar-refractivity contribution >= 4 is 0 Å². The highest BCUT2D eigenvalue weighted by Gasteiger charge is 2.31. The number of alkyl halides is 2. The minimum absolute atomic E-state index is 0.0148. The standard InChI is InChI=1S/C18H20F2O/c1-3-4-14-5-7-15(8-6-14)13-18(19,20)16-9-11-17(21-2)12-10-16/h5-12H,3-4,13H2,1-2H3. The molecule has 2 aromatic rings. The highest BCUT2D eigenvalue weighted by molar-refractivity contribution is 5.32. The topological polar surface area (TPSA) is 9.23 Å². The summed E-state index contributed by atoms with van der Waals surface area (Å²) in [6.07, 6.45) is 1.75. The van der Waals surface area contributed by atoms with Crippen molar-refractivity contribution in [2.75, 3.05) is 7.11 Å². The Bertz CT molecular complexity index is 559. The fourth-order valence-electron chi connectivity index (χ4n) is 2.31. The van der Waals surface area contributed by atoms with Crippen LogP contribution in [0.5, 0.6) is 5.75 Å². The summed E-state index contributed by atoms with van der Waals surface area (Å²) in [6.45, 7) is 2.10. The Hall–Kier alpha value is -1.90. The van der Waals surface area contributed by atoms with Crippen molar-refractivity contribution in [2.24, 2.45) is 0 Å². The second kappa shape index (κ2) is 6.70. The van der Waals surface area contributed by atoms with Gasteiger partial charge >= 0.3 is 0 Å². The second-order valence-corrected chi connectivity index (χ2v) is 5.18. The van der Waals surface area contributed by atoms with Gasteiger partial charge in [0.05, 0.1) is 7.11 Å². The smallest absolute Gasteiger partial charge is 0.277 e. The van der Waals surface area contributed by atoms with Crippen LogP contribution < -0.4 is 4.74 Å². The SMILES string of the molecule is CCCc1ccc(CC(F)(F)c2ccc(OC)cc2)cc1. The van der Waals surface area contributed by atoms with Gasteiger partial charge in [-0.1, -0.05) is 37.6 Å². The molecule has 0 saturated carbocycles. The molecule has 0 atom stereocenters. The Balaban J connectivity index is 2.11. The molecule has 2 rings (SSSR count). The van der Waals surface area contributed by atoms with E-state index in [9.17, 15) is 8.78 Å². The lowest BCUT2D eigenvalue weighted by molar-refractivity contribution is -0.00385. The molecule has 0 fully saturated rings. The average molecular weight is 290 g/mol.